The Labute approximate surface area is 120 Å². The number of aryl methyl sites for hydroxylation is 1. The highest BCUT2D eigenvalue weighted by atomic mass is 32.2. The number of nitrogens with two attached hydrogens (primary N) is 1. The summed E-state index contributed by atoms with van der Waals surface area (Å²) >= 11 is 0. The molecule has 0 radical (unpaired) electrons. The maximum atomic E-state index is 12.5. The average molecular weight is 294 g/mol. The predicted molar refractivity (Wildman–Crippen MR) is 78.6 cm³/mol. The molecule has 2 fully saturated rings. The van der Waals surface area contributed by atoms with Gasteiger partial charge in [0.25, 0.3) is 0 Å². The van der Waals surface area contributed by atoms with Gasteiger partial charge in [0, 0.05) is 12.6 Å². The van der Waals surface area contributed by atoms with Crippen LogP contribution < -0.4 is 10.5 Å². The largest absolute Gasteiger partial charge is 0.326 e. The Kier molecular flexibility index (Phi) is 3.60. The molecule has 4 nitrogen and oxygen atoms in total. The van der Waals surface area contributed by atoms with Crippen molar-refractivity contribution in [2.75, 3.05) is 0 Å². The molecule has 1 aromatic rings. The standard InChI is InChI=1S/C15H22N2O2S/c1-10-2-5-14(8-13(10)9-16)20(18,19)17-15-7-11-3-4-12(15)6-11/h2,5,8,11-12,15,17H,3-4,6-7,9,16H2,1H3. The summed E-state index contributed by atoms with van der Waals surface area (Å²) in [4.78, 5) is 0.339. The van der Waals surface area contributed by atoms with Crippen LogP contribution in [0.15, 0.2) is 23.1 Å². The van der Waals surface area contributed by atoms with Crippen LogP contribution in [0.25, 0.3) is 0 Å². The number of nitrogens with one attached hydrogen (secondary N) is 1. The van der Waals surface area contributed by atoms with E-state index in [-0.39, 0.29) is 6.04 Å². The van der Waals surface area contributed by atoms with Crippen LogP contribution in [0.4, 0.5) is 0 Å². The third-order valence-electron chi connectivity index (χ3n) is 4.90. The van der Waals surface area contributed by atoms with E-state index in [1.807, 2.05) is 13.0 Å². The minimum absolute atomic E-state index is 0.126. The van der Waals surface area contributed by atoms with Crippen molar-refractivity contribution in [2.45, 2.75) is 50.1 Å². The molecule has 5 heteroatoms. The van der Waals surface area contributed by atoms with Gasteiger partial charge in [-0.2, -0.15) is 0 Å². The Morgan fingerprint density at radius 3 is 2.70 bits per heavy atom. The van der Waals surface area contributed by atoms with Gasteiger partial charge in [-0.3, -0.25) is 0 Å². The zero-order valence-electron chi connectivity index (χ0n) is 11.8. The lowest BCUT2D eigenvalue weighted by molar-refractivity contribution is 0.390. The van der Waals surface area contributed by atoms with E-state index in [9.17, 15) is 8.42 Å². The first-order chi connectivity index (χ1) is 9.49. The highest BCUT2D eigenvalue weighted by Gasteiger charge is 2.41. The number of benzene rings is 1. The van der Waals surface area contributed by atoms with E-state index in [0.717, 1.165) is 23.5 Å². The van der Waals surface area contributed by atoms with Crippen LogP contribution >= 0.6 is 0 Å². The summed E-state index contributed by atoms with van der Waals surface area (Å²) in [7, 11) is -3.42. The van der Waals surface area contributed by atoms with E-state index in [4.69, 9.17) is 5.73 Å². The van der Waals surface area contributed by atoms with Crippen LogP contribution in [-0.4, -0.2) is 14.5 Å². The number of fused-ring (bicyclic) bond motifs is 2. The number of sulfonamides is 1. The first-order valence-electron chi connectivity index (χ1n) is 7.31. The van der Waals surface area contributed by atoms with Crippen LogP contribution in [-0.2, 0) is 16.6 Å². The summed E-state index contributed by atoms with van der Waals surface area (Å²) in [5, 5.41) is 0. The Morgan fingerprint density at radius 1 is 1.30 bits per heavy atom. The molecule has 110 valence electrons. The molecule has 2 aliphatic rings. The van der Waals surface area contributed by atoms with Crippen LogP contribution in [0.2, 0.25) is 0 Å². The zero-order valence-corrected chi connectivity index (χ0v) is 12.6. The molecule has 0 aromatic heterocycles. The topological polar surface area (TPSA) is 72.2 Å². The molecule has 3 rings (SSSR count). The maximum Gasteiger partial charge on any atom is 0.240 e. The van der Waals surface area contributed by atoms with Gasteiger partial charge in [0.1, 0.15) is 0 Å². The quantitative estimate of drug-likeness (QED) is 0.891. The molecule has 0 aliphatic heterocycles. The summed E-state index contributed by atoms with van der Waals surface area (Å²) < 4.78 is 27.9. The fourth-order valence-electron chi connectivity index (χ4n) is 3.69. The van der Waals surface area contributed by atoms with Crippen molar-refractivity contribution in [1.82, 2.24) is 4.72 Å². The van der Waals surface area contributed by atoms with E-state index in [1.165, 1.54) is 19.3 Å². The van der Waals surface area contributed by atoms with Gasteiger partial charge in [0.05, 0.1) is 4.90 Å². The summed E-state index contributed by atoms with van der Waals surface area (Å²) in [6, 6.07) is 5.33. The van der Waals surface area contributed by atoms with Crippen molar-refractivity contribution in [1.29, 1.82) is 0 Å². The van der Waals surface area contributed by atoms with Crippen LogP contribution in [0, 0.1) is 18.8 Å². The maximum absolute atomic E-state index is 12.5. The van der Waals surface area contributed by atoms with E-state index in [1.54, 1.807) is 12.1 Å². The Bertz CT molecular complexity index is 612. The molecule has 3 N–H and O–H groups in total. The van der Waals surface area contributed by atoms with Crippen molar-refractivity contribution in [3.63, 3.8) is 0 Å². The van der Waals surface area contributed by atoms with Crippen molar-refractivity contribution in [3.8, 4) is 0 Å². The molecule has 0 spiro atoms. The van der Waals surface area contributed by atoms with Crippen molar-refractivity contribution >= 4 is 10.0 Å². The van der Waals surface area contributed by atoms with Gasteiger partial charge in [-0.05, 0) is 61.3 Å². The molecule has 0 saturated heterocycles. The lowest BCUT2D eigenvalue weighted by Gasteiger charge is -2.23. The van der Waals surface area contributed by atoms with Crippen LogP contribution in [0.1, 0.15) is 36.8 Å². The van der Waals surface area contributed by atoms with Gasteiger partial charge in [0.2, 0.25) is 10.0 Å². The summed E-state index contributed by atoms with van der Waals surface area (Å²) in [5.41, 5.74) is 7.58. The third kappa shape index (κ3) is 2.50. The minimum atomic E-state index is -3.42. The van der Waals surface area contributed by atoms with Crippen LogP contribution in [0.3, 0.4) is 0 Å². The molecule has 0 amide bonds. The molecule has 20 heavy (non-hydrogen) atoms. The number of hydrogen-bond acceptors (Lipinski definition) is 3. The first kappa shape index (κ1) is 14.0. The Morgan fingerprint density at radius 2 is 2.10 bits per heavy atom. The van der Waals surface area contributed by atoms with Gasteiger partial charge in [0.15, 0.2) is 0 Å². The fourth-order valence-corrected chi connectivity index (χ4v) is 5.06. The molecule has 2 bridgehead atoms. The second-order valence-corrected chi connectivity index (χ2v) is 7.91. The van der Waals surface area contributed by atoms with Gasteiger partial charge in [-0.25, -0.2) is 13.1 Å². The molecular formula is C15H22N2O2S. The predicted octanol–water partition coefficient (Wildman–Crippen LogP) is 1.92. The fraction of sp³-hybridized carbons (Fsp3) is 0.600. The highest BCUT2D eigenvalue weighted by molar-refractivity contribution is 7.89. The molecule has 3 atom stereocenters. The van der Waals surface area contributed by atoms with Gasteiger partial charge >= 0.3 is 0 Å². The Balaban J connectivity index is 1.81. The lowest BCUT2D eigenvalue weighted by atomic mass is 9.96. The van der Waals surface area contributed by atoms with E-state index in [2.05, 4.69) is 4.72 Å². The van der Waals surface area contributed by atoms with Crippen molar-refractivity contribution < 1.29 is 8.42 Å². The summed E-state index contributed by atoms with van der Waals surface area (Å²) in [5.74, 6) is 1.26. The smallest absolute Gasteiger partial charge is 0.240 e. The Hall–Kier alpha value is -0.910. The monoisotopic (exact) mass is 294 g/mol. The highest BCUT2D eigenvalue weighted by Crippen LogP contribution is 2.44. The zero-order chi connectivity index (χ0) is 14.3. The van der Waals surface area contributed by atoms with Crippen LogP contribution in [0.5, 0.6) is 0 Å². The average Bonchev–Trinajstić information content (AvgIpc) is 3.00. The van der Waals surface area contributed by atoms with Gasteiger partial charge < -0.3 is 5.73 Å². The van der Waals surface area contributed by atoms with E-state index >= 15 is 0 Å². The SMILES string of the molecule is Cc1ccc(S(=O)(=O)NC2CC3CCC2C3)cc1CN. The molecule has 3 unspecified atom stereocenters. The minimum Gasteiger partial charge on any atom is -0.326 e. The third-order valence-corrected chi connectivity index (χ3v) is 6.38. The molecule has 2 aliphatic carbocycles. The molecule has 1 aromatic carbocycles. The van der Waals surface area contributed by atoms with Crippen molar-refractivity contribution in [3.05, 3.63) is 29.3 Å². The summed E-state index contributed by atoms with van der Waals surface area (Å²) in [6.45, 7) is 2.31. The number of hydrogen-bond donors (Lipinski definition) is 2. The molecular weight excluding hydrogens is 272 g/mol. The normalized spacial score (nSPS) is 29.0. The van der Waals surface area contributed by atoms with Crippen molar-refractivity contribution in [2.24, 2.45) is 17.6 Å². The second kappa shape index (κ2) is 5.13. The van der Waals surface area contributed by atoms with E-state index in [0.29, 0.717) is 17.4 Å². The second-order valence-electron chi connectivity index (χ2n) is 6.20. The summed E-state index contributed by atoms with van der Waals surface area (Å²) in [6.07, 6.45) is 4.62. The molecule has 2 saturated carbocycles. The van der Waals surface area contributed by atoms with Gasteiger partial charge in [-0.1, -0.05) is 12.5 Å². The lowest BCUT2D eigenvalue weighted by Crippen LogP contribution is -2.38. The van der Waals surface area contributed by atoms with E-state index < -0.39 is 10.0 Å². The first-order valence-corrected chi connectivity index (χ1v) is 8.80. The molecule has 0 heterocycles. The number of rotatable bonds is 4. The van der Waals surface area contributed by atoms with Gasteiger partial charge in [-0.15, -0.1) is 0 Å².